The normalized spacial score (nSPS) is 11.2. The van der Waals surface area contributed by atoms with Crippen LogP contribution in [0.1, 0.15) is 37.0 Å². The Hall–Kier alpha value is -2.18. The predicted molar refractivity (Wildman–Crippen MR) is 95.6 cm³/mol. The number of hydrogen-bond donors (Lipinski definition) is 4. The minimum atomic E-state index is -1.17. The number of carbonyl (C=O) groups excluding carboxylic acids is 1. The standard InChI is InChI=1S/C16H17Cl2N3O3/c1-16(2,3)11-7-10(13(21-11)14(22)23)20-15(24)19-9-6-4-5-8(17)12(9)18/h4-7,21H,1-3H3,(H,22,23)(H2,19,20,24). The number of urea groups is 1. The molecular weight excluding hydrogens is 353 g/mol. The van der Waals surface area contributed by atoms with E-state index in [4.69, 9.17) is 23.2 Å². The zero-order valence-electron chi connectivity index (χ0n) is 13.3. The Morgan fingerprint density at radius 2 is 1.75 bits per heavy atom. The van der Waals surface area contributed by atoms with E-state index in [0.717, 1.165) is 0 Å². The minimum Gasteiger partial charge on any atom is -0.477 e. The number of amides is 2. The number of carbonyl (C=O) groups is 2. The number of carboxylic acid groups (broad SMARTS) is 1. The van der Waals surface area contributed by atoms with Gasteiger partial charge in [0.15, 0.2) is 0 Å². The molecule has 4 N–H and O–H groups in total. The number of aromatic carboxylic acids is 1. The second kappa shape index (κ2) is 6.75. The number of carboxylic acids is 1. The number of hydrogen-bond acceptors (Lipinski definition) is 2. The third-order valence-electron chi connectivity index (χ3n) is 3.29. The van der Waals surface area contributed by atoms with Crippen LogP contribution in [0.25, 0.3) is 0 Å². The van der Waals surface area contributed by atoms with E-state index < -0.39 is 12.0 Å². The van der Waals surface area contributed by atoms with Crippen molar-refractivity contribution in [1.29, 1.82) is 0 Å². The van der Waals surface area contributed by atoms with Crippen LogP contribution in [0.5, 0.6) is 0 Å². The van der Waals surface area contributed by atoms with Gasteiger partial charge in [-0.05, 0) is 18.2 Å². The van der Waals surface area contributed by atoms with Crippen LogP contribution >= 0.6 is 23.2 Å². The molecule has 2 rings (SSSR count). The average molecular weight is 370 g/mol. The smallest absolute Gasteiger partial charge is 0.354 e. The van der Waals surface area contributed by atoms with Crippen LogP contribution < -0.4 is 10.6 Å². The molecule has 2 aromatic rings. The van der Waals surface area contributed by atoms with E-state index in [2.05, 4.69) is 15.6 Å². The van der Waals surface area contributed by atoms with Crippen LogP contribution in [0.3, 0.4) is 0 Å². The van der Waals surface area contributed by atoms with E-state index in [-0.39, 0.29) is 21.8 Å². The molecule has 0 bridgehead atoms. The van der Waals surface area contributed by atoms with Crippen molar-refractivity contribution in [2.45, 2.75) is 26.2 Å². The van der Waals surface area contributed by atoms with Crippen molar-refractivity contribution in [3.8, 4) is 0 Å². The Morgan fingerprint density at radius 3 is 2.33 bits per heavy atom. The second-order valence-electron chi connectivity index (χ2n) is 6.21. The molecule has 0 fully saturated rings. The van der Waals surface area contributed by atoms with Gasteiger partial charge >= 0.3 is 12.0 Å². The monoisotopic (exact) mass is 369 g/mol. The van der Waals surface area contributed by atoms with E-state index in [9.17, 15) is 14.7 Å². The Morgan fingerprint density at radius 1 is 1.12 bits per heavy atom. The van der Waals surface area contributed by atoms with Gasteiger partial charge in [-0.2, -0.15) is 0 Å². The number of aromatic nitrogens is 1. The summed E-state index contributed by atoms with van der Waals surface area (Å²) in [6.07, 6.45) is 0. The molecule has 0 unspecified atom stereocenters. The molecule has 0 saturated heterocycles. The molecule has 1 aromatic heterocycles. The summed E-state index contributed by atoms with van der Waals surface area (Å²) in [5.74, 6) is -1.17. The predicted octanol–water partition coefficient (Wildman–Crippen LogP) is 4.96. The first-order chi connectivity index (χ1) is 11.1. The zero-order valence-corrected chi connectivity index (χ0v) is 14.8. The van der Waals surface area contributed by atoms with Crippen LogP contribution in [0.2, 0.25) is 10.0 Å². The number of H-pyrrole nitrogens is 1. The van der Waals surface area contributed by atoms with Crippen molar-refractivity contribution in [2.75, 3.05) is 10.6 Å². The van der Waals surface area contributed by atoms with Gasteiger partial charge in [0.2, 0.25) is 0 Å². The van der Waals surface area contributed by atoms with Crippen LogP contribution in [0.4, 0.5) is 16.2 Å². The van der Waals surface area contributed by atoms with Gasteiger partial charge in [0.25, 0.3) is 0 Å². The summed E-state index contributed by atoms with van der Waals surface area (Å²) in [4.78, 5) is 26.3. The molecule has 8 heteroatoms. The molecule has 0 aliphatic carbocycles. The van der Waals surface area contributed by atoms with E-state index in [1.165, 1.54) is 0 Å². The first-order valence-corrected chi connectivity index (χ1v) is 7.84. The number of rotatable bonds is 3. The maximum Gasteiger partial charge on any atom is 0.354 e. The van der Waals surface area contributed by atoms with Crippen molar-refractivity contribution >= 4 is 46.6 Å². The lowest BCUT2D eigenvalue weighted by Crippen LogP contribution is -2.20. The summed E-state index contributed by atoms with van der Waals surface area (Å²) in [7, 11) is 0. The molecular formula is C16H17Cl2N3O3. The third-order valence-corrected chi connectivity index (χ3v) is 4.11. The van der Waals surface area contributed by atoms with Crippen molar-refractivity contribution in [3.05, 3.63) is 45.7 Å². The lowest BCUT2D eigenvalue weighted by atomic mass is 9.92. The van der Waals surface area contributed by atoms with E-state index in [1.807, 2.05) is 20.8 Å². The molecule has 0 atom stereocenters. The van der Waals surface area contributed by atoms with Crippen LogP contribution in [0.15, 0.2) is 24.3 Å². The molecule has 6 nitrogen and oxygen atoms in total. The van der Waals surface area contributed by atoms with Gasteiger partial charge in [0, 0.05) is 11.1 Å². The van der Waals surface area contributed by atoms with Gasteiger partial charge in [-0.15, -0.1) is 0 Å². The van der Waals surface area contributed by atoms with Gasteiger partial charge in [0.05, 0.1) is 21.4 Å². The first kappa shape index (κ1) is 18.2. The Labute approximate surface area is 149 Å². The first-order valence-electron chi connectivity index (χ1n) is 7.08. The Balaban J connectivity index is 2.24. The Bertz CT molecular complexity index is 794. The molecule has 0 saturated carbocycles. The number of anilines is 2. The fourth-order valence-electron chi connectivity index (χ4n) is 2.00. The van der Waals surface area contributed by atoms with Gasteiger partial charge in [-0.1, -0.05) is 50.0 Å². The second-order valence-corrected chi connectivity index (χ2v) is 6.99. The van der Waals surface area contributed by atoms with Gasteiger partial charge < -0.3 is 20.7 Å². The highest BCUT2D eigenvalue weighted by atomic mass is 35.5. The van der Waals surface area contributed by atoms with Crippen LogP contribution in [0, 0.1) is 0 Å². The quantitative estimate of drug-likeness (QED) is 0.615. The molecule has 1 aromatic carbocycles. The maximum atomic E-state index is 12.1. The highest BCUT2D eigenvalue weighted by molar-refractivity contribution is 6.44. The molecule has 0 aliphatic heterocycles. The highest BCUT2D eigenvalue weighted by Crippen LogP contribution is 2.30. The highest BCUT2D eigenvalue weighted by Gasteiger charge is 2.23. The van der Waals surface area contributed by atoms with Crippen LogP contribution in [-0.2, 0) is 5.41 Å². The zero-order chi connectivity index (χ0) is 18.1. The minimum absolute atomic E-state index is 0.0905. The third kappa shape index (κ3) is 4.01. The van der Waals surface area contributed by atoms with Gasteiger partial charge in [-0.25, -0.2) is 9.59 Å². The van der Waals surface area contributed by atoms with E-state index in [0.29, 0.717) is 16.4 Å². The van der Waals surface area contributed by atoms with Crippen molar-refractivity contribution in [3.63, 3.8) is 0 Å². The van der Waals surface area contributed by atoms with E-state index >= 15 is 0 Å². The fourth-order valence-corrected chi connectivity index (χ4v) is 2.35. The van der Waals surface area contributed by atoms with Crippen molar-refractivity contribution in [2.24, 2.45) is 0 Å². The lowest BCUT2D eigenvalue weighted by Gasteiger charge is -2.15. The summed E-state index contributed by atoms with van der Waals surface area (Å²) >= 11 is 11.9. The number of aromatic amines is 1. The summed E-state index contributed by atoms with van der Waals surface area (Å²) in [5, 5.41) is 14.9. The molecule has 2 amide bonds. The molecule has 0 spiro atoms. The number of nitrogens with one attached hydrogen (secondary N) is 3. The van der Waals surface area contributed by atoms with Crippen molar-refractivity contribution in [1.82, 2.24) is 4.98 Å². The van der Waals surface area contributed by atoms with Crippen LogP contribution in [-0.4, -0.2) is 22.1 Å². The number of halogens is 2. The van der Waals surface area contributed by atoms with E-state index in [1.54, 1.807) is 24.3 Å². The summed E-state index contributed by atoms with van der Waals surface area (Å²) in [5.41, 5.74) is 0.799. The molecule has 128 valence electrons. The molecule has 0 aliphatic rings. The summed E-state index contributed by atoms with van der Waals surface area (Å²) < 4.78 is 0. The number of benzene rings is 1. The van der Waals surface area contributed by atoms with Gasteiger partial charge in [0.1, 0.15) is 5.69 Å². The molecule has 0 radical (unpaired) electrons. The SMILES string of the molecule is CC(C)(C)c1cc(NC(=O)Nc2cccc(Cl)c2Cl)c(C(=O)O)[nH]1. The van der Waals surface area contributed by atoms with Crippen molar-refractivity contribution < 1.29 is 14.7 Å². The largest absolute Gasteiger partial charge is 0.477 e. The topological polar surface area (TPSA) is 94.2 Å². The Kier molecular flexibility index (Phi) is 5.11. The summed E-state index contributed by atoms with van der Waals surface area (Å²) in [6.45, 7) is 5.79. The molecule has 24 heavy (non-hydrogen) atoms. The lowest BCUT2D eigenvalue weighted by molar-refractivity contribution is 0.0692. The fraction of sp³-hybridized carbons (Fsp3) is 0.250. The van der Waals surface area contributed by atoms with Gasteiger partial charge in [-0.3, -0.25) is 0 Å². The summed E-state index contributed by atoms with van der Waals surface area (Å²) in [6, 6.07) is 5.80. The average Bonchev–Trinajstić information content (AvgIpc) is 2.88. The maximum absolute atomic E-state index is 12.1. The molecule has 1 heterocycles.